The van der Waals surface area contributed by atoms with Gasteiger partial charge >= 0.3 is 11.9 Å². The van der Waals surface area contributed by atoms with Crippen molar-refractivity contribution in [2.45, 2.75) is 32.0 Å². The number of H-pyrrole nitrogens is 1. The molecule has 1 atom stereocenters. The molecular weight excluding hydrogens is 436 g/mol. The highest BCUT2D eigenvalue weighted by molar-refractivity contribution is 6.27. The molecule has 2 aromatic carbocycles. The zero-order valence-electron chi connectivity index (χ0n) is 18.2. The molecule has 4 rings (SSSR count). The third kappa shape index (κ3) is 6.11. The molecular formula is C23H25F2N3O5. The van der Waals surface area contributed by atoms with E-state index in [0.717, 1.165) is 37.0 Å². The molecule has 176 valence electrons. The van der Waals surface area contributed by atoms with Crippen LogP contribution in [-0.2, 0) is 14.3 Å². The Balaban J connectivity index is 0.000000454. The third-order valence-electron chi connectivity index (χ3n) is 5.32. The molecule has 0 saturated carbocycles. The van der Waals surface area contributed by atoms with E-state index in [0.29, 0.717) is 11.4 Å². The van der Waals surface area contributed by atoms with E-state index in [-0.39, 0.29) is 11.7 Å². The first-order valence-corrected chi connectivity index (χ1v) is 10.4. The summed E-state index contributed by atoms with van der Waals surface area (Å²) in [7, 11) is 2.06. The van der Waals surface area contributed by atoms with Gasteiger partial charge in [0, 0.05) is 13.1 Å². The molecule has 10 heteroatoms. The van der Waals surface area contributed by atoms with E-state index in [1.54, 1.807) is 6.92 Å². The van der Waals surface area contributed by atoms with Crippen molar-refractivity contribution in [3.63, 3.8) is 0 Å². The Labute approximate surface area is 188 Å². The summed E-state index contributed by atoms with van der Waals surface area (Å²) in [6, 6.07) is 10.2. The van der Waals surface area contributed by atoms with Crippen LogP contribution in [0.3, 0.4) is 0 Å². The molecule has 0 radical (unpaired) electrons. The number of hydrogen-bond donors (Lipinski definition) is 3. The predicted octanol–water partition coefficient (Wildman–Crippen LogP) is 3.51. The number of fused-ring (bicyclic) bond motifs is 1. The van der Waals surface area contributed by atoms with Gasteiger partial charge in [-0.2, -0.15) is 0 Å². The SMILES string of the molecule is Cc1cc(F)c(C(OC2CCN(C)CC2)c2nc3ccccc3[nH]2)c(F)c1.O=C(O)C(=O)O. The zero-order valence-corrected chi connectivity index (χ0v) is 18.2. The van der Waals surface area contributed by atoms with Crippen LogP contribution in [0, 0.1) is 18.6 Å². The standard InChI is InChI=1S/C21H23F2N3O.C2H2O4/c1-13-11-15(22)19(16(23)12-13)20(27-14-7-9-26(2)10-8-14)21-24-17-5-3-4-6-18(17)25-21;3-1(4)2(5)6/h3-6,11-12,14,20H,7-10H2,1-2H3,(H,24,25);(H,3,4)(H,5,6). The van der Waals surface area contributed by atoms with Crippen molar-refractivity contribution in [1.82, 2.24) is 14.9 Å². The van der Waals surface area contributed by atoms with Crippen LogP contribution in [0.1, 0.15) is 35.9 Å². The fourth-order valence-electron chi connectivity index (χ4n) is 3.64. The number of ether oxygens (including phenoxy) is 1. The molecule has 0 bridgehead atoms. The van der Waals surface area contributed by atoms with E-state index >= 15 is 0 Å². The summed E-state index contributed by atoms with van der Waals surface area (Å²) < 4.78 is 35.7. The second kappa shape index (κ2) is 10.5. The topological polar surface area (TPSA) is 116 Å². The second-order valence-corrected chi connectivity index (χ2v) is 7.91. The average molecular weight is 461 g/mol. The van der Waals surface area contributed by atoms with Crippen molar-refractivity contribution in [1.29, 1.82) is 0 Å². The quantitative estimate of drug-likeness (QED) is 0.509. The number of imidazole rings is 1. The number of para-hydroxylation sites is 2. The van der Waals surface area contributed by atoms with Gasteiger partial charge in [-0.1, -0.05) is 12.1 Å². The molecule has 1 aliphatic rings. The Morgan fingerprint density at radius 3 is 2.24 bits per heavy atom. The maximum atomic E-state index is 14.7. The van der Waals surface area contributed by atoms with Gasteiger partial charge in [0.1, 0.15) is 23.6 Å². The molecule has 0 spiro atoms. The first-order chi connectivity index (χ1) is 15.7. The van der Waals surface area contributed by atoms with Gasteiger partial charge in [-0.25, -0.2) is 23.4 Å². The lowest BCUT2D eigenvalue weighted by atomic mass is 10.0. The van der Waals surface area contributed by atoms with E-state index in [2.05, 4.69) is 21.9 Å². The zero-order chi connectivity index (χ0) is 24.1. The smallest absolute Gasteiger partial charge is 0.414 e. The number of nitrogens with zero attached hydrogens (tertiary/aromatic N) is 2. The Morgan fingerprint density at radius 2 is 1.70 bits per heavy atom. The minimum Gasteiger partial charge on any atom is -0.473 e. The Bertz CT molecular complexity index is 1070. The number of likely N-dealkylation sites (tertiary alicyclic amines) is 1. The number of halogens is 2. The fraction of sp³-hybridized carbons (Fsp3) is 0.348. The number of carboxylic acids is 2. The second-order valence-electron chi connectivity index (χ2n) is 7.91. The van der Waals surface area contributed by atoms with Gasteiger partial charge < -0.3 is 24.8 Å². The molecule has 33 heavy (non-hydrogen) atoms. The van der Waals surface area contributed by atoms with E-state index in [4.69, 9.17) is 24.5 Å². The minimum atomic E-state index is -1.82. The first kappa shape index (κ1) is 24.3. The fourth-order valence-corrected chi connectivity index (χ4v) is 3.64. The van der Waals surface area contributed by atoms with Crippen LogP contribution in [0.15, 0.2) is 36.4 Å². The molecule has 1 aromatic heterocycles. The maximum Gasteiger partial charge on any atom is 0.414 e. The van der Waals surface area contributed by atoms with Crippen molar-refractivity contribution in [2.24, 2.45) is 0 Å². The minimum absolute atomic E-state index is 0.0699. The Morgan fingerprint density at radius 1 is 1.12 bits per heavy atom. The monoisotopic (exact) mass is 461 g/mol. The van der Waals surface area contributed by atoms with Gasteiger partial charge in [-0.3, -0.25) is 0 Å². The van der Waals surface area contributed by atoms with Crippen molar-refractivity contribution in [3.8, 4) is 0 Å². The van der Waals surface area contributed by atoms with E-state index in [1.807, 2.05) is 24.3 Å². The highest BCUT2D eigenvalue weighted by atomic mass is 19.1. The normalized spacial score (nSPS) is 15.6. The first-order valence-electron chi connectivity index (χ1n) is 10.4. The number of benzene rings is 2. The largest absolute Gasteiger partial charge is 0.473 e. The van der Waals surface area contributed by atoms with Crippen molar-refractivity contribution in [3.05, 3.63) is 65.0 Å². The van der Waals surface area contributed by atoms with Crippen molar-refractivity contribution < 1.29 is 33.3 Å². The lowest BCUT2D eigenvalue weighted by Crippen LogP contribution is -2.35. The van der Waals surface area contributed by atoms with Gasteiger partial charge in [0.05, 0.1) is 22.7 Å². The molecule has 8 nitrogen and oxygen atoms in total. The van der Waals surface area contributed by atoms with E-state index in [1.165, 1.54) is 12.1 Å². The highest BCUT2D eigenvalue weighted by Crippen LogP contribution is 2.33. The molecule has 1 unspecified atom stereocenters. The molecule has 1 saturated heterocycles. The number of carbonyl (C=O) groups is 2. The average Bonchev–Trinajstić information content (AvgIpc) is 3.18. The highest BCUT2D eigenvalue weighted by Gasteiger charge is 2.30. The summed E-state index contributed by atoms with van der Waals surface area (Å²) in [5, 5.41) is 14.8. The number of aryl methyl sites for hydroxylation is 1. The van der Waals surface area contributed by atoms with Gasteiger partial charge in [0.2, 0.25) is 0 Å². The number of aromatic nitrogens is 2. The molecule has 3 N–H and O–H groups in total. The van der Waals surface area contributed by atoms with Gasteiger partial charge in [0.15, 0.2) is 0 Å². The summed E-state index contributed by atoms with van der Waals surface area (Å²) in [6.45, 7) is 3.47. The van der Waals surface area contributed by atoms with Gasteiger partial charge in [-0.15, -0.1) is 0 Å². The molecule has 2 heterocycles. The summed E-state index contributed by atoms with van der Waals surface area (Å²) in [5.41, 5.74) is 2.02. The molecule has 1 fully saturated rings. The number of piperidine rings is 1. The van der Waals surface area contributed by atoms with Gasteiger partial charge in [-0.05, 0) is 56.6 Å². The molecule has 0 aliphatic carbocycles. The van der Waals surface area contributed by atoms with E-state index in [9.17, 15) is 8.78 Å². The summed E-state index contributed by atoms with van der Waals surface area (Å²) in [4.78, 5) is 28.2. The number of rotatable bonds is 4. The van der Waals surface area contributed by atoms with Crippen LogP contribution in [0.2, 0.25) is 0 Å². The number of hydrogen-bond acceptors (Lipinski definition) is 5. The number of aromatic amines is 1. The summed E-state index contributed by atoms with van der Waals surface area (Å²) in [6.07, 6.45) is 0.663. The number of nitrogens with one attached hydrogen (secondary N) is 1. The van der Waals surface area contributed by atoms with Crippen molar-refractivity contribution >= 4 is 23.0 Å². The Hall–Kier alpha value is -3.37. The predicted molar refractivity (Wildman–Crippen MR) is 116 cm³/mol. The maximum absolute atomic E-state index is 14.7. The van der Waals surface area contributed by atoms with Crippen LogP contribution in [0.5, 0.6) is 0 Å². The van der Waals surface area contributed by atoms with Crippen LogP contribution < -0.4 is 0 Å². The number of aliphatic carboxylic acids is 2. The summed E-state index contributed by atoms with van der Waals surface area (Å²) in [5.74, 6) is -4.43. The number of carboxylic acid groups (broad SMARTS) is 2. The van der Waals surface area contributed by atoms with Gasteiger partial charge in [0.25, 0.3) is 0 Å². The van der Waals surface area contributed by atoms with E-state index < -0.39 is 29.7 Å². The van der Waals surface area contributed by atoms with Crippen molar-refractivity contribution in [2.75, 3.05) is 20.1 Å². The lowest BCUT2D eigenvalue weighted by Gasteiger charge is -2.31. The van der Waals surface area contributed by atoms with Crippen LogP contribution in [-0.4, -0.2) is 63.3 Å². The third-order valence-corrected chi connectivity index (χ3v) is 5.32. The van der Waals surface area contributed by atoms with Crippen LogP contribution >= 0.6 is 0 Å². The molecule has 3 aromatic rings. The molecule has 0 amide bonds. The lowest BCUT2D eigenvalue weighted by molar-refractivity contribution is -0.159. The van der Waals surface area contributed by atoms with Crippen LogP contribution in [0.25, 0.3) is 11.0 Å². The Kier molecular flexibility index (Phi) is 7.72. The summed E-state index contributed by atoms with van der Waals surface area (Å²) >= 11 is 0. The van der Waals surface area contributed by atoms with Crippen LogP contribution in [0.4, 0.5) is 8.78 Å². The molecule has 1 aliphatic heterocycles.